The van der Waals surface area contributed by atoms with Crippen molar-refractivity contribution in [1.29, 1.82) is 0 Å². The average Bonchev–Trinajstić information content (AvgIpc) is 2.98. The summed E-state index contributed by atoms with van der Waals surface area (Å²) >= 11 is 0. The fourth-order valence-corrected chi connectivity index (χ4v) is 2.72. The molecule has 140 valence electrons. The van der Waals surface area contributed by atoms with Gasteiger partial charge in [0.2, 0.25) is 11.9 Å². The minimum atomic E-state index is -0.510. The standard InChI is InChI=1S/C21H24N4O2/c1-5-25-17-12-7-6-11-16(17)23-20(25)24-18(26)14-9-8-10-15(13-14)22-19(27)21(2,3)4/h6-13H,5H2,1-4H3,(H,22,27)(H,23,24,26). The highest BCUT2D eigenvalue weighted by molar-refractivity contribution is 6.05. The molecule has 2 amide bonds. The molecular formula is C21H24N4O2. The molecule has 2 aromatic carbocycles. The van der Waals surface area contributed by atoms with Gasteiger partial charge in [-0.1, -0.05) is 39.0 Å². The van der Waals surface area contributed by atoms with Crippen molar-refractivity contribution in [2.75, 3.05) is 10.6 Å². The molecule has 0 spiro atoms. The van der Waals surface area contributed by atoms with Crippen LogP contribution >= 0.6 is 0 Å². The molecule has 0 unspecified atom stereocenters. The van der Waals surface area contributed by atoms with E-state index < -0.39 is 5.41 Å². The number of nitrogens with zero attached hydrogens (tertiary/aromatic N) is 2. The highest BCUT2D eigenvalue weighted by atomic mass is 16.2. The Morgan fingerprint density at radius 2 is 1.78 bits per heavy atom. The summed E-state index contributed by atoms with van der Waals surface area (Å²) < 4.78 is 1.96. The van der Waals surface area contributed by atoms with Crippen LogP contribution < -0.4 is 10.6 Å². The van der Waals surface area contributed by atoms with Crippen LogP contribution in [0.1, 0.15) is 38.1 Å². The Labute approximate surface area is 158 Å². The summed E-state index contributed by atoms with van der Waals surface area (Å²) in [5, 5.41) is 5.72. The lowest BCUT2D eigenvalue weighted by molar-refractivity contribution is -0.123. The van der Waals surface area contributed by atoms with Crippen molar-refractivity contribution < 1.29 is 9.59 Å². The van der Waals surface area contributed by atoms with Gasteiger partial charge in [0, 0.05) is 23.2 Å². The zero-order valence-electron chi connectivity index (χ0n) is 16.0. The lowest BCUT2D eigenvalue weighted by Crippen LogP contribution is -2.27. The van der Waals surface area contributed by atoms with Crippen LogP contribution in [0.25, 0.3) is 11.0 Å². The Hall–Kier alpha value is -3.15. The Morgan fingerprint density at radius 3 is 2.48 bits per heavy atom. The molecule has 0 atom stereocenters. The zero-order chi connectivity index (χ0) is 19.6. The molecule has 1 aromatic heterocycles. The summed E-state index contributed by atoms with van der Waals surface area (Å²) in [4.78, 5) is 29.4. The predicted octanol–water partition coefficient (Wildman–Crippen LogP) is 4.29. The number of carbonyl (C=O) groups is 2. The normalized spacial score (nSPS) is 11.4. The summed E-state index contributed by atoms with van der Waals surface area (Å²) in [7, 11) is 0. The van der Waals surface area contributed by atoms with Gasteiger partial charge in [-0.3, -0.25) is 14.9 Å². The number of anilines is 2. The van der Waals surface area contributed by atoms with Crippen molar-refractivity contribution in [3.05, 3.63) is 54.1 Å². The summed E-state index contributed by atoms with van der Waals surface area (Å²) in [6.45, 7) is 8.22. The number of hydrogen-bond donors (Lipinski definition) is 2. The van der Waals surface area contributed by atoms with Crippen molar-refractivity contribution in [1.82, 2.24) is 9.55 Å². The Bertz CT molecular complexity index is 999. The quantitative estimate of drug-likeness (QED) is 0.725. The molecule has 0 radical (unpaired) electrons. The number of para-hydroxylation sites is 2. The first-order valence-electron chi connectivity index (χ1n) is 8.97. The van der Waals surface area contributed by atoms with Gasteiger partial charge in [0.15, 0.2) is 0 Å². The zero-order valence-corrected chi connectivity index (χ0v) is 16.0. The SMILES string of the molecule is CCn1c(NC(=O)c2cccc(NC(=O)C(C)(C)C)c2)nc2ccccc21. The Balaban J connectivity index is 1.83. The summed E-state index contributed by atoms with van der Waals surface area (Å²) in [5.41, 5.74) is 2.34. The van der Waals surface area contributed by atoms with Crippen LogP contribution in [-0.4, -0.2) is 21.4 Å². The van der Waals surface area contributed by atoms with Crippen LogP contribution in [0, 0.1) is 5.41 Å². The first-order chi connectivity index (χ1) is 12.8. The number of aromatic nitrogens is 2. The minimum absolute atomic E-state index is 0.104. The molecule has 0 fully saturated rings. The summed E-state index contributed by atoms with van der Waals surface area (Å²) in [5.74, 6) is 0.132. The van der Waals surface area contributed by atoms with E-state index in [4.69, 9.17) is 0 Å². The van der Waals surface area contributed by atoms with Gasteiger partial charge in [0.05, 0.1) is 11.0 Å². The molecule has 0 saturated heterocycles. The van der Waals surface area contributed by atoms with Crippen molar-refractivity contribution >= 4 is 34.5 Å². The van der Waals surface area contributed by atoms with Crippen LogP contribution in [0.5, 0.6) is 0 Å². The molecule has 0 saturated carbocycles. The van der Waals surface area contributed by atoms with Gasteiger partial charge in [-0.05, 0) is 37.3 Å². The lowest BCUT2D eigenvalue weighted by atomic mass is 9.95. The molecule has 0 aliphatic carbocycles. The third-order valence-corrected chi connectivity index (χ3v) is 4.26. The predicted molar refractivity (Wildman–Crippen MR) is 108 cm³/mol. The average molecular weight is 364 g/mol. The second-order valence-electron chi connectivity index (χ2n) is 7.41. The van der Waals surface area contributed by atoms with E-state index in [0.717, 1.165) is 11.0 Å². The van der Waals surface area contributed by atoms with E-state index in [1.54, 1.807) is 24.3 Å². The van der Waals surface area contributed by atoms with E-state index >= 15 is 0 Å². The topological polar surface area (TPSA) is 76.0 Å². The number of imidazole rings is 1. The smallest absolute Gasteiger partial charge is 0.258 e. The molecule has 3 aromatic rings. The van der Waals surface area contributed by atoms with Crippen LogP contribution in [-0.2, 0) is 11.3 Å². The van der Waals surface area contributed by atoms with Gasteiger partial charge < -0.3 is 9.88 Å². The molecule has 0 aliphatic heterocycles. The first kappa shape index (κ1) is 18.6. The van der Waals surface area contributed by atoms with Gasteiger partial charge in [0.1, 0.15) is 0 Å². The monoisotopic (exact) mass is 364 g/mol. The number of rotatable bonds is 4. The van der Waals surface area contributed by atoms with Crippen molar-refractivity contribution in [2.45, 2.75) is 34.2 Å². The molecule has 3 rings (SSSR count). The molecule has 27 heavy (non-hydrogen) atoms. The maximum atomic E-state index is 12.7. The van der Waals surface area contributed by atoms with E-state index in [-0.39, 0.29) is 11.8 Å². The number of aryl methyl sites for hydroxylation is 1. The van der Waals surface area contributed by atoms with Gasteiger partial charge >= 0.3 is 0 Å². The van der Waals surface area contributed by atoms with Crippen LogP contribution in [0.3, 0.4) is 0 Å². The fraction of sp³-hybridized carbons (Fsp3) is 0.286. The Morgan fingerprint density at radius 1 is 1.04 bits per heavy atom. The maximum absolute atomic E-state index is 12.7. The third-order valence-electron chi connectivity index (χ3n) is 4.26. The molecule has 0 aliphatic rings. The molecular weight excluding hydrogens is 340 g/mol. The number of nitrogens with one attached hydrogen (secondary N) is 2. The van der Waals surface area contributed by atoms with Gasteiger partial charge in [-0.15, -0.1) is 0 Å². The van der Waals surface area contributed by atoms with E-state index in [9.17, 15) is 9.59 Å². The summed E-state index contributed by atoms with van der Waals surface area (Å²) in [6.07, 6.45) is 0. The number of hydrogen-bond acceptors (Lipinski definition) is 3. The number of benzene rings is 2. The molecule has 6 heteroatoms. The van der Waals surface area contributed by atoms with E-state index in [0.29, 0.717) is 23.7 Å². The van der Waals surface area contributed by atoms with Crippen molar-refractivity contribution in [3.63, 3.8) is 0 Å². The second-order valence-corrected chi connectivity index (χ2v) is 7.41. The summed E-state index contributed by atoms with van der Waals surface area (Å²) in [6, 6.07) is 14.6. The van der Waals surface area contributed by atoms with Crippen molar-refractivity contribution in [3.8, 4) is 0 Å². The molecule has 0 bridgehead atoms. The highest BCUT2D eigenvalue weighted by Crippen LogP contribution is 2.21. The van der Waals surface area contributed by atoms with Crippen LogP contribution in [0.15, 0.2) is 48.5 Å². The maximum Gasteiger partial charge on any atom is 0.258 e. The van der Waals surface area contributed by atoms with Gasteiger partial charge in [-0.2, -0.15) is 0 Å². The van der Waals surface area contributed by atoms with E-state index in [1.807, 2.05) is 56.5 Å². The minimum Gasteiger partial charge on any atom is -0.326 e. The third kappa shape index (κ3) is 4.00. The highest BCUT2D eigenvalue weighted by Gasteiger charge is 2.21. The molecule has 1 heterocycles. The molecule has 6 nitrogen and oxygen atoms in total. The largest absolute Gasteiger partial charge is 0.326 e. The first-order valence-corrected chi connectivity index (χ1v) is 8.97. The van der Waals surface area contributed by atoms with Crippen molar-refractivity contribution in [2.24, 2.45) is 5.41 Å². The second kappa shape index (κ2) is 7.23. The van der Waals surface area contributed by atoms with E-state index in [2.05, 4.69) is 15.6 Å². The number of carbonyl (C=O) groups excluding carboxylic acids is 2. The van der Waals surface area contributed by atoms with Gasteiger partial charge in [-0.25, -0.2) is 4.98 Å². The van der Waals surface area contributed by atoms with Crippen LogP contribution in [0.2, 0.25) is 0 Å². The molecule has 2 N–H and O–H groups in total. The fourth-order valence-electron chi connectivity index (χ4n) is 2.72. The van der Waals surface area contributed by atoms with E-state index in [1.165, 1.54) is 0 Å². The number of amides is 2. The number of fused-ring (bicyclic) bond motifs is 1. The van der Waals surface area contributed by atoms with Gasteiger partial charge in [0.25, 0.3) is 5.91 Å². The lowest BCUT2D eigenvalue weighted by Gasteiger charge is -2.18. The Kier molecular flexibility index (Phi) is 4.99. The van der Waals surface area contributed by atoms with Crippen LogP contribution in [0.4, 0.5) is 11.6 Å².